The maximum absolute atomic E-state index is 12.7. The first-order chi connectivity index (χ1) is 11.6. The molecular weight excluding hydrogens is 308 g/mol. The fourth-order valence-corrected chi connectivity index (χ4v) is 4.23. The van der Waals surface area contributed by atoms with E-state index in [0.29, 0.717) is 17.1 Å². The molecule has 1 atom stereocenters. The average Bonchev–Trinajstić information content (AvgIpc) is 3.07. The first-order valence-electron chi connectivity index (χ1n) is 8.63. The Bertz CT molecular complexity index is 819. The topological polar surface area (TPSA) is 92.9 Å². The standard InChI is InChI=1S/C17H22N4O3/c1-9-14(10(2)24-20-9)12-8-13(22)18-16-15(12)17(23)19-21(16)11-6-4-3-5-7-11/h11-12H,3-8H2,1-2H3,(H,18,22)(H,19,23)/t12-/m1/s1. The Hall–Kier alpha value is -2.31. The van der Waals surface area contributed by atoms with Gasteiger partial charge in [0, 0.05) is 17.9 Å². The lowest BCUT2D eigenvalue weighted by Gasteiger charge is -2.28. The fourth-order valence-electron chi connectivity index (χ4n) is 4.23. The van der Waals surface area contributed by atoms with E-state index >= 15 is 0 Å². The van der Waals surface area contributed by atoms with Crippen molar-refractivity contribution in [1.82, 2.24) is 14.9 Å². The van der Waals surface area contributed by atoms with Crippen molar-refractivity contribution in [3.8, 4) is 0 Å². The zero-order valence-corrected chi connectivity index (χ0v) is 14.0. The molecule has 3 heterocycles. The Morgan fingerprint density at radius 2 is 1.88 bits per heavy atom. The third-order valence-electron chi connectivity index (χ3n) is 5.34. The van der Waals surface area contributed by atoms with Crippen LogP contribution in [-0.2, 0) is 4.79 Å². The zero-order valence-electron chi connectivity index (χ0n) is 14.0. The Kier molecular flexibility index (Phi) is 3.58. The van der Waals surface area contributed by atoms with Crippen LogP contribution in [-0.4, -0.2) is 20.8 Å². The molecule has 2 aromatic heterocycles. The molecule has 2 aliphatic rings. The van der Waals surface area contributed by atoms with Crippen molar-refractivity contribution >= 4 is 11.7 Å². The lowest BCUT2D eigenvalue weighted by molar-refractivity contribution is -0.116. The zero-order chi connectivity index (χ0) is 16.8. The summed E-state index contributed by atoms with van der Waals surface area (Å²) in [4.78, 5) is 25.0. The number of carbonyl (C=O) groups excluding carboxylic acids is 1. The molecule has 0 bridgehead atoms. The van der Waals surface area contributed by atoms with Crippen LogP contribution < -0.4 is 10.9 Å². The highest BCUT2D eigenvalue weighted by Gasteiger charge is 2.36. The third-order valence-corrected chi connectivity index (χ3v) is 5.34. The number of nitrogens with one attached hydrogen (secondary N) is 2. The van der Waals surface area contributed by atoms with E-state index in [4.69, 9.17) is 4.52 Å². The number of anilines is 1. The number of hydrogen-bond donors (Lipinski definition) is 2. The summed E-state index contributed by atoms with van der Waals surface area (Å²) in [6, 6.07) is 0.249. The van der Waals surface area contributed by atoms with Gasteiger partial charge < -0.3 is 9.84 Å². The van der Waals surface area contributed by atoms with Crippen molar-refractivity contribution in [2.75, 3.05) is 5.32 Å². The second kappa shape index (κ2) is 5.65. The first kappa shape index (κ1) is 15.2. The molecule has 1 saturated carbocycles. The summed E-state index contributed by atoms with van der Waals surface area (Å²) in [6.07, 6.45) is 5.85. The number of rotatable bonds is 2. The lowest BCUT2D eigenvalue weighted by Crippen LogP contribution is -2.28. The predicted molar refractivity (Wildman–Crippen MR) is 88.2 cm³/mol. The van der Waals surface area contributed by atoms with E-state index in [9.17, 15) is 9.59 Å². The number of aromatic amines is 1. The largest absolute Gasteiger partial charge is 0.361 e. The van der Waals surface area contributed by atoms with Crippen LogP contribution in [0.1, 0.15) is 73.1 Å². The summed E-state index contributed by atoms with van der Waals surface area (Å²) in [5, 5.41) is 9.88. The molecule has 2 N–H and O–H groups in total. The van der Waals surface area contributed by atoms with Crippen molar-refractivity contribution in [2.45, 2.75) is 64.3 Å². The van der Waals surface area contributed by atoms with Gasteiger partial charge >= 0.3 is 0 Å². The average molecular weight is 330 g/mol. The molecular formula is C17H22N4O3. The predicted octanol–water partition coefficient (Wildman–Crippen LogP) is 2.76. The van der Waals surface area contributed by atoms with Crippen LogP contribution in [0.5, 0.6) is 0 Å². The van der Waals surface area contributed by atoms with Crippen LogP contribution in [0.4, 0.5) is 5.82 Å². The number of fused-ring (bicyclic) bond motifs is 1. The molecule has 1 fully saturated rings. The number of aromatic nitrogens is 3. The summed E-state index contributed by atoms with van der Waals surface area (Å²) in [7, 11) is 0. The van der Waals surface area contributed by atoms with Gasteiger partial charge in [-0.3, -0.25) is 19.4 Å². The number of amides is 1. The van der Waals surface area contributed by atoms with Gasteiger partial charge in [-0.15, -0.1) is 0 Å². The number of carbonyl (C=O) groups is 1. The summed E-state index contributed by atoms with van der Waals surface area (Å²) >= 11 is 0. The van der Waals surface area contributed by atoms with Crippen molar-refractivity contribution in [2.24, 2.45) is 0 Å². The number of H-pyrrole nitrogens is 1. The van der Waals surface area contributed by atoms with Gasteiger partial charge in [-0.05, 0) is 26.7 Å². The molecule has 0 radical (unpaired) electrons. The SMILES string of the molecule is Cc1noc(C)c1[C@H]1CC(=O)Nc2c1c(=O)[nH]n2C1CCCCC1. The second-order valence-electron chi connectivity index (χ2n) is 6.91. The number of nitrogens with zero attached hydrogens (tertiary/aromatic N) is 2. The smallest absolute Gasteiger partial charge is 0.270 e. The summed E-state index contributed by atoms with van der Waals surface area (Å²) in [5.41, 5.74) is 2.11. The van der Waals surface area contributed by atoms with Gasteiger partial charge in [0.1, 0.15) is 11.6 Å². The minimum atomic E-state index is -0.298. The molecule has 1 amide bonds. The quantitative estimate of drug-likeness (QED) is 0.885. The van der Waals surface area contributed by atoms with Crippen molar-refractivity contribution in [1.29, 1.82) is 0 Å². The van der Waals surface area contributed by atoms with E-state index < -0.39 is 0 Å². The van der Waals surface area contributed by atoms with E-state index in [0.717, 1.165) is 36.9 Å². The normalized spacial score (nSPS) is 21.6. The number of hydrogen-bond acceptors (Lipinski definition) is 4. The van der Waals surface area contributed by atoms with Crippen LogP contribution in [0, 0.1) is 13.8 Å². The Labute approximate surface area is 139 Å². The summed E-state index contributed by atoms with van der Waals surface area (Å²) < 4.78 is 7.15. The van der Waals surface area contributed by atoms with E-state index in [2.05, 4.69) is 15.6 Å². The van der Waals surface area contributed by atoms with Crippen LogP contribution in [0.15, 0.2) is 9.32 Å². The van der Waals surface area contributed by atoms with Crippen molar-refractivity contribution < 1.29 is 9.32 Å². The Morgan fingerprint density at radius 1 is 1.12 bits per heavy atom. The summed E-state index contributed by atoms with van der Waals surface area (Å²) in [6.45, 7) is 3.68. The van der Waals surface area contributed by atoms with Gasteiger partial charge in [0.05, 0.1) is 17.3 Å². The molecule has 7 heteroatoms. The van der Waals surface area contributed by atoms with Crippen LogP contribution in [0.3, 0.4) is 0 Å². The maximum Gasteiger partial charge on any atom is 0.270 e. The molecule has 0 aromatic carbocycles. The highest BCUT2D eigenvalue weighted by molar-refractivity contribution is 5.94. The van der Waals surface area contributed by atoms with Crippen LogP contribution >= 0.6 is 0 Å². The van der Waals surface area contributed by atoms with Gasteiger partial charge in [-0.1, -0.05) is 24.4 Å². The lowest BCUT2D eigenvalue weighted by atomic mass is 9.86. The highest BCUT2D eigenvalue weighted by atomic mass is 16.5. The summed E-state index contributed by atoms with van der Waals surface area (Å²) in [5.74, 6) is 0.931. The minimum absolute atomic E-state index is 0.0731. The molecule has 0 saturated heterocycles. The van der Waals surface area contributed by atoms with E-state index in [-0.39, 0.29) is 29.8 Å². The molecule has 128 valence electrons. The highest BCUT2D eigenvalue weighted by Crippen LogP contribution is 2.40. The molecule has 0 unspecified atom stereocenters. The van der Waals surface area contributed by atoms with Gasteiger partial charge in [0.2, 0.25) is 5.91 Å². The van der Waals surface area contributed by atoms with Crippen LogP contribution in [0.25, 0.3) is 0 Å². The Morgan fingerprint density at radius 3 is 2.54 bits per heavy atom. The minimum Gasteiger partial charge on any atom is -0.361 e. The Balaban J connectivity index is 1.84. The molecule has 4 rings (SSSR count). The van der Waals surface area contributed by atoms with E-state index in [1.54, 1.807) is 0 Å². The second-order valence-corrected chi connectivity index (χ2v) is 6.91. The van der Waals surface area contributed by atoms with Crippen molar-refractivity contribution in [3.05, 3.63) is 32.9 Å². The van der Waals surface area contributed by atoms with Crippen LogP contribution in [0.2, 0.25) is 0 Å². The third kappa shape index (κ3) is 2.30. The first-order valence-corrected chi connectivity index (χ1v) is 8.63. The molecule has 2 aromatic rings. The van der Waals surface area contributed by atoms with Gasteiger partial charge in [-0.2, -0.15) is 0 Å². The van der Waals surface area contributed by atoms with Gasteiger partial charge in [-0.25, -0.2) is 0 Å². The van der Waals surface area contributed by atoms with E-state index in [1.165, 1.54) is 6.42 Å². The van der Waals surface area contributed by atoms with E-state index in [1.807, 2.05) is 18.5 Å². The van der Waals surface area contributed by atoms with Gasteiger partial charge in [0.15, 0.2) is 0 Å². The number of aryl methyl sites for hydroxylation is 2. The molecule has 1 aliphatic heterocycles. The molecule has 24 heavy (non-hydrogen) atoms. The van der Waals surface area contributed by atoms with Gasteiger partial charge in [0.25, 0.3) is 5.56 Å². The molecule has 0 spiro atoms. The maximum atomic E-state index is 12.7. The van der Waals surface area contributed by atoms with Crippen molar-refractivity contribution in [3.63, 3.8) is 0 Å². The fraction of sp³-hybridized carbons (Fsp3) is 0.588. The molecule has 1 aliphatic carbocycles. The molecule has 7 nitrogen and oxygen atoms in total. The monoisotopic (exact) mass is 330 g/mol.